The highest BCUT2D eigenvalue weighted by atomic mass is 32.1. The topological polar surface area (TPSA) is 33.1 Å². The Morgan fingerprint density at radius 3 is 2.50 bits per heavy atom. The van der Waals surface area contributed by atoms with E-state index in [2.05, 4.69) is 4.98 Å². The molecular formula is C10H12F3NOS. The number of rotatable bonds is 2. The van der Waals surface area contributed by atoms with Crippen molar-refractivity contribution in [1.29, 1.82) is 0 Å². The van der Waals surface area contributed by atoms with Crippen LogP contribution in [0.3, 0.4) is 0 Å². The number of aliphatic hydroxyl groups excluding tert-OH is 1. The van der Waals surface area contributed by atoms with Gasteiger partial charge in [-0.25, -0.2) is 4.98 Å². The van der Waals surface area contributed by atoms with Gasteiger partial charge in [-0.3, -0.25) is 0 Å². The lowest BCUT2D eigenvalue weighted by atomic mass is 10.0. The second-order valence-electron chi connectivity index (χ2n) is 4.05. The molecule has 90 valence electrons. The zero-order valence-electron chi connectivity index (χ0n) is 8.50. The van der Waals surface area contributed by atoms with Crippen LogP contribution in [-0.2, 0) is 6.18 Å². The fraction of sp³-hybridized carbons (Fsp3) is 0.700. The lowest BCUT2D eigenvalue weighted by Crippen LogP contribution is -2.07. The van der Waals surface area contributed by atoms with Crippen LogP contribution in [0.15, 0.2) is 6.20 Å². The lowest BCUT2D eigenvalue weighted by molar-refractivity contribution is -0.137. The summed E-state index contributed by atoms with van der Waals surface area (Å²) in [6.07, 6.45) is -0.161. The van der Waals surface area contributed by atoms with E-state index in [1.807, 2.05) is 0 Å². The molecule has 0 aliphatic heterocycles. The molecule has 0 amide bonds. The van der Waals surface area contributed by atoms with Crippen LogP contribution in [0, 0.1) is 5.92 Å². The van der Waals surface area contributed by atoms with Gasteiger partial charge in [-0.2, -0.15) is 13.2 Å². The Balaban J connectivity index is 2.12. The second kappa shape index (κ2) is 4.33. The number of thiazole rings is 1. The molecule has 1 saturated carbocycles. The van der Waals surface area contributed by atoms with E-state index < -0.39 is 17.3 Å². The van der Waals surface area contributed by atoms with E-state index in [1.54, 1.807) is 0 Å². The number of hydrogen-bond donors (Lipinski definition) is 1. The molecule has 16 heavy (non-hydrogen) atoms. The molecule has 2 nitrogen and oxygen atoms in total. The summed E-state index contributed by atoms with van der Waals surface area (Å²) in [6.45, 7) is 0. The van der Waals surface area contributed by atoms with Gasteiger partial charge in [0.1, 0.15) is 0 Å². The fourth-order valence-corrected chi connectivity index (χ4v) is 2.92. The number of halogens is 3. The van der Waals surface area contributed by atoms with Gasteiger partial charge < -0.3 is 5.11 Å². The van der Waals surface area contributed by atoms with Gasteiger partial charge in [-0.15, -0.1) is 11.3 Å². The van der Waals surface area contributed by atoms with Crippen LogP contribution in [0.2, 0.25) is 0 Å². The minimum atomic E-state index is -4.40. The van der Waals surface area contributed by atoms with Crippen LogP contribution in [0.5, 0.6) is 0 Å². The van der Waals surface area contributed by atoms with E-state index in [9.17, 15) is 18.3 Å². The van der Waals surface area contributed by atoms with Crippen molar-refractivity contribution in [3.05, 3.63) is 16.1 Å². The highest BCUT2D eigenvalue weighted by Gasteiger charge is 2.36. The Morgan fingerprint density at radius 1 is 1.38 bits per heavy atom. The third-order valence-corrected chi connectivity index (χ3v) is 4.02. The zero-order valence-corrected chi connectivity index (χ0v) is 9.31. The van der Waals surface area contributed by atoms with Crippen molar-refractivity contribution in [1.82, 2.24) is 4.98 Å². The standard InChI is InChI=1S/C10H12F3NOS/c11-10(12,13)9-14-5-7(16-9)8(15)6-3-1-2-4-6/h5-6,8,15H,1-4H2. The summed E-state index contributed by atoms with van der Waals surface area (Å²) in [5, 5.41) is 9.03. The summed E-state index contributed by atoms with van der Waals surface area (Å²) < 4.78 is 36.9. The predicted octanol–water partition coefficient (Wildman–Crippen LogP) is 3.39. The van der Waals surface area contributed by atoms with E-state index in [0.29, 0.717) is 16.2 Å². The highest BCUT2D eigenvalue weighted by molar-refractivity contribution is 7.11. The van der Waals surface area contributed by atoms with Gasteiger partial charge in [0, 0.05) is 6.20 Å². The molecule has 1 N–H and O–H groups in total. The quantitative estimate of drug-likeness (QED) is 0.874. The van der Waals surface area contributed by atoms with Crippen molar-refractivity contribution in [3.8, 4) is 0 Å². The van der Waals surface area contributed by atoms with Crippen molar-refractivity contribution in [3.63, 3.8) is 0 Å². The molecule has 1 aliphatic rings. The molecule has 1 atom stereocenters. The Morgan fingerprint density at radius 2 is 2.00 bits per heavy atom. The van der Waals surface area contributed by atoms with Crippen LogP contribution in [0.4, 0.5) is 13.2 Å². The van der Waals surface area contributed by atoms with E-state index in [-0.39, 0.29) is 5.92 Å². The van der Waals surface area contributed by atoms with Gasteiger partial charge in [-0.1, -0.05) is 12.8 Å². The Labute approximate surface area is 95.1 Å². The molecule has 2 rings (SSSR count). The molecule has 1 heterocycles. The summed E-state index contributed by atoms with van der Waals surface area (Å²) >= 11 is 0.549. The van der Waals surface area contributed by atoms with E-state index in [4.69, 9.17) is 0 Å². The summed E-state index contributed by atoms with van der Waals surface area (Å²) in [7, 11) is 0. The number of aromatic nitrogens is 1. The van der Waals surface area contributed by atoms with Crippen molar-refractivity contribution >= 4 is 11.3 Å². The fourth-order valence-electron chi connectivity index (χ4n) is 2.06. The molecule has 0 radical (unpaired) electrons. The maximum atomic E-state index is 12.3. The van der Waals surface area contributed by atoms with Gasteiger partial charge >= 0.3 is 6.18 Å². The maximum absolute atomic E-state index is 12.3. The van der Waals surface area contributed by atoms with Gasteiger partial charge in [0.25, 0.3) is 0 Å². The van der Waals surface area contributed by atoms with Crippen molar-refractivity contribution in [2.75, 3.05) is 0 Å². The molecule has 0 spiro atoms. The SMILES string of the molecule is OC(c1cnc(C(F)(F)F)s1)C1CCCC1. The molecule has 0 bridgehead atoms. The Kier molecular flexibility index (Phi) is 3.21. The molecule has 1 aromatic heterocycles. The normalized spacial score (nSPS) is 20.2. The van der Waals surface area contributed by atoms with Gasteiger partial charge in [0.05, 0.1) is 11.0 Å². The van der Waals surface area contributed by atoms with Crippen LogP contribution in [0.1, 0.15) is 41.7 Å². The smallest absolute Gasteiger partial charge is 0.387 e. The van der Waals surface area contributed by atoms with Crippen LogP contribution >= 0.6 is 11.3 Å². The number of alkyl halides is 3. The first-order chi connectivity index (χ1) is 7.48. The highest BCUT2D eigenvalue weighted by Crippen LogP contribution is 2.40. The molecule has 1 aliphatic carbocycles. The maximum Gasteiger partial charge on any atom is 0.443 e. The van der Waals surface area contributed by atoms with Crippen LogP contribution < -0.4 is 0 Å². The van der Waals surface area contributed by atoms with Crippen molar-refractivity contribution in [2.24, 2.45) is 5.92 Å². The minimum absolute atomic E-state index is 0.0986. The third-order valence-electron chi connectivity index (χ3n) is 2.90. The molecule has 0 saturated heterocycles. The summed E-state index contributed by atoms with van der Waals surface area (Å²) in [4.78, 5) is 3.65. The Hall–Kier alpha value is -0.620. The first kappa shape index (κ1) is 11.9. The number of aliphatic hydroxyl groups is 1. The van der Waals surface area contributed by atoms with Gasteiger partial charge in [0.2, 0.25) is 0 Å². The van der Waals surface area contributed by atoms with Gasteiger partial charge in [-0.05, 0) is 18.8 Å². The van der Waals surface area contributed by atoms with E-state index >= 15 is 0 Å². The van der Waals surface area contributed by atoms with Crippen molar-refractivity contribution in [2.45, 2.75) is 38.0 Å². The molecule has 6 heteroatoms. The largest absolute Gasteiger partial charge is 0.443 e. The number of nitrogens with zero attached hydrogens (tertiary/aromatic N) is 1. The van der Waals surface area contributed by atoms with E-state index in [0.717, 1.165) is 31.9 Å². The first-order valence-corrected chi connectivity index (χ1v) is 6.01. The molecular weight excluding hydrogens is 239 g/mol. The molecule has 1 aromatic rings. The predicted molar refractivity (Wildman–Crippen MR) is 54.0 cm³/mol. The summed E-state index contributed by atoms with van der Waals surface area (Å²) in [5.74, 6) is 0.0986. The van der Waals surface area contributed by atoms with Gasteiger partial charge in [0.15, 0.2) is 5.01 Å². The first-order valence-electron chi connectivity index (χ1n) is 5.19. The van der Waals surface area contributed by atoms with Crippen LogP contribution in [-0.4, -0.2) is 10.1 Å². The summed E-state index contributed by atoms with van der Waals surface area (Å²) in [5.41, 5.74) is 0. The molecule has 0 aromatic carbocycles. The minimum Gasteiger partial charge on any atom is -0.387 e. The second-order valence-corrected chi connectivity index (χ2v) is 5.12. The van der Waals surface area contributed by atoms with Crippen molar-refractivity contribution < 1.29 is 18.3 Å². The Bertz CT molecular complexity index is 357. The van der Waals surface area contributed by atoms with E-state index in [1.165, 1.54) is 0 Å². The average Bonchev–Trinajstić information content (AvgIpc) is 2.87. The average molecular weight is 251 g/mol. The third kappa shape index (κ3) is 2.38. The van der Waals surface area contributed by atoms with Crippen LogP contribution in [0.25, 0.3) is 0 Å². The molecule has 1 fully saturated rings. The summed E-state index contributed by atoms with van der Waals surface area (Å²) in [6, 6.07) is 0. The number of hydrogen-bond acceptors (Lipinski definition) is 3. The zero-order chi connectivity index (χ0) is 11.8. The monoisotopic (exact) mass is 251 g/mol. The molecule has 1 unspecified atom stereocenters. The lowest BCUT2D eigenvalue weighted by Gasteiger charge is -2.15.